The number of hydrogen-bond donors (Lipinski definition) is 2. The molecule has 1 aromatic carbocycles. The maximum absolute atomic E-state index is 9.78. The van der Waals surface area contributed by atoms with E-state index < -0.39 is 0 Å². The zero-order valence-electron chi connectivity index (χ0n) is 14.2. The number of guanidine groups is 1. The van der Waals surface area contributed by atoms with Crippen molar-refractivity contribution in [1.29, 1.82) is 0 Å². The van der Waals surface area contributed by atoms with E-state index in [1.807, 2.05) is 24.1 Å². The Kier molecular flexibility index (Phi) is 7.16. The molecule has 0 bridgehead atoms. The summed E-state index contributed by atoms with van der Waals surface area (Å²) in [5, 5.41) is 14.3. The largest absolute Gasteiger partial charge is 0.396 e. The molecule has 0 atom stereocenters. The van der Waals surface area contributed by atoms with Crippen molar-refractivity contribution in [3.05, 3.63) is 33.8 Å². The number of nitrogens with zero attached hydrogens (tertiary/aromatic N) is 2. The third-order valence-corrected chi connectivity index (χ3v) is 5.23. The smallest absolute Gasteiger partial charge is 0.193 e. The normalized spacial score (nSPS) is 17.6. The number of aliphatic hydroxyl groups is 1. The number of ether oxygens (including phenoxy) is 1. The lowest BCUT2D eigenvalue weighted by molar-refractivity contribution is -0.0134. The predicted molar refractivity (Wildman–Crippen MR) is 98.9 cm³/mol. The van der Waals surface area contributed by atoms with Gasteiger partial charge in [-0.05, 0) is 30.5 Å². The molecule has 1 aliphatic heterocycles. The monoisotopic (exact) mass is 373 g/mol. The molecule has 1 aliphatic rings. The van der Waals surface area contributed by atoms with Gasteiger partial charge >= 0.3 is 0 Å². The van der Waals surface area contributed by atoms with Crippen LogP contribution in [-0.2, 0) is 11.3 Å². The topological polar surface area (TPSA) is 57.1 Å². The molecule has 24 heavy (non-hydrogen) atoms. The van der Waals surface area contributed by atoms with Gasteiger partial charge in [-0.15, -0.1) is 0 Å². The summed E-state index contributed by atoms with van der Waals surface area (Å²) in [4.78, 5) is 6.35. The van der Waals surface area contributed by atoms with E-state index in [0.717, 1.165) is 24.4 Å². The van der Waals surface area contributed by atoms with Crippen LogP contribution in [0.1, 0.15) is 18.4 Å². The van der Waals surface area contributed by atoms with Gasteiger partial charge in [-0.1, -0.05) is 29.3 Å². The minimum Gasteiger partial charge on any atom is -0.396 e. The van der Waals surface area contributed by atoms with Gasteiger partial charge in [0.1, 0.15) is 0 Å². The van der Waals surface area contributed by atoms with E-state index in [4.69, 9.17) is 27.9 Å². The summed E-state index contributed by atoms with van der Waals surface area (Å²) in [6.07, 6.45) is 1.70. The Hall–Kier alpha value is -1.01. The maximum atomic E-state index is 9.78. The molecule has 134 valence electrons. The first-order valence-electron chi connectivity index (χ1n) is 8.04. The second kappa shape index (κ2) is 8.90. The van der Waals surface area contributed by atoms with E-state index in [-0.39, 0.29) is 12.0 Å². The minimum atomic E-state index is -0.140. The van der Waals surface area contributed by atoms with Gasteiger partial charge in [-0.2, -0.15) is 0 Å². The standard InChI is InChI=1S/C17H25Cl2N3O2/c1-20-16(21-11-17(12-23)5-7-24-8-6-17)22(2)10-13-3-4-14(18)15(19)9-13/h3-4,9,23H,5-8,10-12H2,1-2H3,(H,20,21). The Balaban J connectivity index is 1.96. The number of halogens is 2. The quantitative estimate of drug-likeness (QED) is 0.615. The van der Waals surface area contributed by atoms with Gasteiger partial charge in [-0.25, -0.2) is 0 Å². The molecule has 5 nitrogen and oxygen atoms in total. The molecular weight excluding hydrogens is 349 g/mol. The summed E-state index contributed by atoms with van der Waals surface area (Å²) in [7, 11) is 3.72. The van der Waals surface area contributed by atoms with Crippen molar-refractivity contribution in [2.24, 2.45) is 10.4 Å². The van der Waals surface area contributed by atoms with E-state index in [2.05, 4.69) is 10.3 Å². The van der Waals surface area contributed by atoms with Crippen LogP contribution in [0, 0.1) is 5.41 Å². The van der Waals surface area contributed by atoms with Crippen LogP contribution in [0.25, 0.3) is 0 Å². The minimum absolute atomic E-state index is 0.140. The van der Waals surface area contributed by atoms with Gasteiger partial charge in [0.05, 0.1) is 16.7 Å². The number of aliphatic imine (C=N–C) groups is 1. The molecule has 0 saturated carbocycles. The molecule has 0 radical (unpaired) electrons. The maximum Gasteiger partial charge on any atom is 0.193 e. The van der Waals surface area contributed by atoms with Crippen LogP contribution in [0.3, 0.4) is 0 Å². The fourth-order valence-corrected chi connectivity index (χ4v) is 3.15. The van der Waals surface area contributed by atoms with Crippen molar-refractivity contribution in [3.63, 3.8) is 0 Å². The van der Waals surface area contributed by atoms with Crippen LogP contribution in [-0.4, -0.2) is 56.4 Å². The number of aliphatic hydroxyl groups excluding tert-OH is 1. The highest BCUT2D eigenvalue weighted by Crippen LogP contribution is 2.29. The molecule has 1 fully saturated rings. The summed E-state index contributed by atoms with van der Waals surface area (Å²) < 4.78 is 5.40. The van der Waals surface area contributed by atoms with Crippen molar-refractivity contribution >= 4 is 29.2 Å². The molecule has 0 aromatic heterocycles. The molecular formula is C17H25Cl2N3O2. The van der Waals surface area contributed by atoms with Crippen molar-refractivity contribution in [1.82, 2.24) is 10.2 Å². The van der Waals surface area contributed by atoms with Gasteiger partial charge in [-0.3, -0.25) is 4.99 Å². The highest BCUT2D eigenvalue weighted by molar-refractivity contribution is 6.42. The van der Waals surface area contributed by atoms with E-state index in [0.29, 0.717) is 36.3 Å². The van der Waals surface area contributed by atoms with Gasteiger partial charge < -0.3 is 20.1 Å². The first-order chi connectivity index (χ1) is 11.5. The molecule has 1 aromatic rings. The zero-order chi connectivity index (χ0) is 17.6. The molecule has 1 heterocycles. The highest BCUT2D eigenvalue weighted by Gasteiger charge is 2.32. The molecule has 1 saturated heterocycles. The van der Waals surface area contributed by atoms with E-state index in [9.17, 15) is 5.11 Å². The lowest BCUT2D eigenvalue weighted by Crippen LogP contribution is -2.47. The Morgan fingerprint density at radius 3 is 2.62 bits per heavy atom. The third-order valence-electron chi connectivity index (χ3n) is 4.49. The summed E-state index contributed by atoms with van der Waals surface area (Å²) in [5.41, 5.74) is 0.913. The van der Waals surface area contributed by atoms with E-state index in [1.165, 1.54) is 0 Å². The average molecular weight is 374 g/mol. The summed E-state index contributed by atoms with van der Waals surface area (Å²) >= 11 is 12.0. The van der Waals surface area contributed by atoms with Crippen LogP contribution >= 0.6 is 23.2 Å². The predicted octanol–water partition coefficient (Wildman–Crippen LogP) is 2.79. The van der Waals surface area contributed by atoms with E-state index in [1.54, 1.807) is 13.1 Å². The van der Waals surface area contributed by atoms with Crippen molar-refractivity contribution in [3.8, 4) is 0 Å². The van der Waals surface area contributed by atoms with Crippen LogP contribution in [0.15, 0.2) is 23.2 Å². The second-order valence-electron chi connectivity index (χ2n) is 6.28. The fourth-order valence-electron chi connectivity index (χ4n) is 2.83. The summed E-state index contributed by atoms with van der Waals surface area (Å²) in [5.74, 6) is 0.778. The van der Waals surface area contributed by atoms with Crippen LogP contribution in [0.2, 0.25) is 10.0 Å². The summed E-state index contributed by atoms with van der Waals surface area (Å²) in [6.45, 7) is 2.87. The average Bonchev–Trinajstić information content (AvgIpc) is 2.59. The molecule has 0 amide bonds. The van der Waals surface area contributed by atoms with Crippen molar-refractivity contribution < 1.29 is 9.84 Å². The number of hydrogen-bond acceptors (Lipinski definition) is 3. The number of rotatable bonds is 5. The first kappa shape index (κ1) is 19.3. The molecule has 0 unspecified atom stereocenters. The molecule has 2 N–H and O–H groups in total. The SMILES string of the molecule is CN=C(NCC1(CO)CCOCC1)N(C)Cc1ccc(Cl)c(Cl)c1. The van der Waals surface area contributed by atoms with Crippen LogP contribution in [0.4, 0.5) is 0 Å². The van der Waals surface area contributed by atoms with Crippen molar-refractivity contribution in [2.45, 2.75) is 19.4 Å². The Morgan fingerprint density at radius 2 is 2.04 bits per heavy atom. The zero-order valence-corrected chi connectivity index (χ0v) is 15.7. The number of benzene rings is 1. The summed E-state index contributed by atoms with van der Waals surface area (Å²) in [6, 6.07) is 5.61. The molecule has 0 spiro atoms. The van der Waals surface area contributed by atoms with Gasteiger partial charge in [0.25, 0.3) is 0 Å². The van der Waals surface area contributed by atoms with Gasteiger partial charge in [0.2, 0.25) is 0 Å². The molecule has 7 heteroatoms. The molecule has 2 rings (SSSR count). The Bertz CT molecular complexity index is 575. The Morgan fingerprint density at radius 1 is 1.33 bits per heavy atom. The Labute approximate surface area is 153 Å². The lowest BCUT2D eigenvalue weighted by atomic mass is 9.81. The highest BCUT2D eigenvalue weighted by atomic mass is 35.5. The third kappa shape index (κ3) is 4.99. The van der Waals surface area contributed by atoms with Crippen molar-refractivity contribution in [2.75, 3.05) is 40.5 Å². The second-order valence-corrected chi connectivity index (χ2v) is 7.09. The van der Waals surface area contributed by atoms with Gasteiger partial charge in [0.15, 0.2) is 5.96 Å². The fraction of sp³-hybridized carbons (Fsp3) is 0.588. The van der Waals surface area contributed by atoms with Crippen LogP contribution < -0.4 is 5.32 Å². The van der Waals surface area contributed by atoms with E-state index >= 15 is 0 Å². The number of nitrogens with one attached hydrogen (secondary N) is 1. The van der Waals surface area contributed by atoms with Crippen LogP contribution in [0.5, 0.6) is 0 Å². The molecule has 0 aliphatic carbocycles. The first-order valence-corrected chi connectivity index (χ1v) is 8.79. The van der Waals surface area contributed by atoms with Gasteiger partial charge in [0, 0.05) is 45.8 Å². The lowest BCUT2D eigenvalue weighted by Gasteiger charge is -2.36.